The maximum absolute atomic E-state index is 11.9. The molecule has 1 N–H and O–H groups in total. The third kappa shape index (κ3) is 2.67. The molecule has 1 aromatic heterocycles. The van der Waals surface area contributed by atoms with Crippen molar-refractivity contribution in [1.82, 2.24) is 4.98 Å². The Balaban J connectivity index is 2.06. The molecule has 0 saturated carbocycles. The molecule has 0 saturated heterocycles. The zero-order chi connectivity index (χ0) is 12.1. The number of ether oxygens (including phenoxy) is 1. The Morgan fingerprint density at radius 3 is 3.00 bits per heavy atom. The van der Waals surface area contributed by atoms with Crippen LogP contribution < -0.4 is 0 Å². The number of esters is 1. The molecule has 2 aromatic rings. The van der Waals surface area contributed by atoms with Gasteiger partial charge in [0.1, 0.15) is 0 Å². The number of unbranched alkanes of at least 4 members (excludes halogenated alkanes) is 2. The molecule has 0 fully saturated rings. The Kier molecular flexibility index (Phi) is 3.81. The fourth-order valence-corrected chi connectivity index (χ4v) is 1.86. The molecule has 0 radical (unpaired) electrons. The first-order valence-corrected chi connectivity index (χ1v) is 6.06. The Labute approximate surface area is 101 Å². The van der Waals surface area contributed by atoms with E-state index in [1.165, 1.54) is 0 Å². The van der Waals surface area contributed by atoms with Crippen LogP contribution in [-0.2, 0) is 4.74 Å². The monoisotopic (exact) mass is 231 g/mol. The lowest BCUT2D eigenvalue weighted by Gasteiger charge is -2.05. The molecule has 3 heteroatoms. The Hall–Kier alpha value is -1.77. The van der Waals surface area contributed by atoms with Gasteiger partial charge in [-0.15, -0.1) is 0 Å². The van der Waals surface area contributed by atoms with Crippen molar-refractivity contribution < 1.29 is 9.53 Å². The first kappa shape index (κ1) is 11.7. The molecule has 0 aliphatic carbocycles. The average Bonchev–Trinajstić information content (AvgIpc) is 2.82. The molecule has 0 spiro atoms. The first-order valence-electron chi connectivity index (χ1n) is 6.06. The fourth-order valence-electron chi connectivity index (χ4n) is 1.86. The normalized spacial score (nSPS) is 10.6. The van der Waals surface area contributed by atoms with Crippen LogP contribution in [0.4, 0.5) is 0 Å². The van der Waals surface area contributed by atoms with E-state index in [0.29, 0.717) is 12.2 Å². The molecule has 0 aliphatic rings. The van der Waals surface area contributed by atoms with Crippen molar-refractivity contribution in [3.63, 3.8) is 0 Å². The van der Waals surface area contributed by atoms with Crippen LogP contribution >= 0.6 is 0 Å². The van der Waals surface area contributed by atoms with Gasteiger partial charge in [0.15, 0.2) is 0 Å². The number of carbonyl (C=O) groups excluding carboxylic acids is 1. The Morgan fingerprint density at radius 2 is 2.18 bits per heavy atom. The zero-order valence-corrected chi connectivity index (χ0v) is 10.0. The van der Waals surface area contributed by atoms with Gasteiger partial charge in [-0.25, -0.2) is 4.79 Å². The predicted octanol–water partition coefficient (Wildman–Crippen LogP) is 3.51. The van der Waals surface area contributed by atoms with Crippen molar-refractivity contribution in [3.8, 4) is 0 Å². The van der Waals surface area contributed by atoms with Gasteiger partial charge in [-0.2, -0.15) is 0 Å². The Morgan fingerprint density at radius 1 is 1.29 bits per heavy atom. The Bertz CT molecular complexity index is 502. The van der Waals surface area contributed by atoms with Gasteiger partial charge in [-0.3, -0.25) is 0 Å². The number of benzene rings is 1. The number of nitrogens with one attached hydrogen (secondary N) is 1. The van der Waals surface area contributed by atoms with Crippen LogP contribution in [0, 0.1) is 0 Å². The standard InChI is InChI=1S/C14H17NO2/c1-2-3-4-10-17-14(16)12-6-5-7-13-11(12)8-9-15-13/h5-9,15H,2-4,10H2,1H3. The number of hydrogen-bond acceptors (Lipinski definition) is 2. The third-order valence-electron chi connectivity index (χ3n) is 2.80. The van der Waals surface area contributed by atoms with Crippen LogP contribution in [0.15, 0.2) is 30.5 Å². The van der Waals surface area contributed by atoms with Gasteiger partial charge >= 0.3 is 5.97 Å². The molecule has 0 amide bonds. The molecule has 90 valence electrons. The number of H-pyrrole nitrogens is 1. The van der Waals surface area contributed by atoms with Gasteiger partial charge in [-0.1, -0.05) is 25.8 Å². The van der Waals surface area contributed by atoms with E-state index in [-0.39, 0.29) is 5.97 Å². The van der Waals surface area contributed by atoms with Crippen molar-refractivity contribution in [2.24, 2.45) is 0 Å². The highest BCUT2D eigenvalue weighted by molar-refractivity contribution is 6.03. The summed E-state index contributed by atoms with van der Waals surface area (Å²) in [6, 6.07) is 7.51. The van der Waals surface area contributed by atoms with Gasteiger partial charge in [0, 0.05) is 17.1 Å². The average molecular weight is 231 g/mol. The van der Waals surface area contributed by atoms with Crippen molar-refractivity contribution in [2.45, 2.75) is 26.2 Å². The number of aromatic amines is 1. The largest absolute Gasteiger partial charge is 0.462 e. The summed E-state index contributed by atoms with van der Waals surface area (Å²) >= 11 is 0. The second-order valence-electron chi connectivity index (χ2n) is 4.09. The smallest absolute Gasteiger partial charge is 0.338 e. The lowest BCUT2D eigenvalue weighted by Crippen LogP contribution is -2.06. The summed E-state index contributed by atoms with van der Waals surface area (Å²) in [5.41, 5.74) is 1.60. The number of carbonyl (C=O) groups is 1. The predicted molar refractivity (Wildman–Crippen MR) is 68.1 cm³/mol. The quantitative estimate of drug-likeness (QED) is 0.632. The van der Waals surface area contributed by atoms with E-state index in [0.717, 1.165) is 30.2 Å². The van der Waals surface area contributed by atoms with Crippen LogP contribution in [0.3, 0.4) is 0 Å². The molecule has 17 heavy (non-hydrogen) atoms. The minimum atomic E-state index is -0.230. The third-order valence-corrected chi connectivity index (χ3v) is 2.80. The summed E-state index contributed by atoms with van der Waals surface area (Å²) in [7, 11) is 0. The van der Waals surface area contributed by atoms with Gasteiger partial charge in [0.2, 0.25) is 0 Å². The second kappa shape index (κ2) is 5.53. The van der Waals surface area contributed by atoms with E-state index in [1.807, 2.05) is 24.4 Å². The highest BCUT2D eigenvalue weighted by atomic mass is 16.5. The summed E-state index contributed by atoms with van der Waals surface area (Å²) in [5.74, 6) is -0.230. The molecule has 0 aliphatic heterocycles. The molecular formula is C14H17NO2. The number of rotatable bonds is 5. The van der Waals surface area contributed by atoms with Crippen LogP contribution in [0.5, 0.6) is 0 Å². The maximum Gasteiger partial charge on any atom is 0.338 e. The SMILES string of the molecule is CCCCCOC(=O)c1cccc2[nH]ccc12. The summed E-state index contributed by atoms with van der Waals surface area (Å²) < 4.78 is 5.25. The molecule has 0 bridgehead atoms. The van der Waals surface area contributed by atoms with E-state index < -0.39 is 0 Å². The van der Waals surface area contributed by atoms with Crippen molar-refractivity contribution in [1.29, 1.82) is 0 Å². The first-order chi connectivity index (χ1) is 8.33. The summed E-state index contributed by atoms with van der Waals surface area (Å²) in [6.45, 7) is 2.63. The second-order valence-corrected chi connectivity index (χ2v) is 4.09. The number of fused-ring (bicyclic) bond motifs is 1. The topological polar surface area (TPSA) is 42.1 Å². The van der Waals surface area contributed by atoms with E-state index in [4.69, 9.17) is 4.74 Å². The van der Waals surface area contributed by atoms with E-state index in [9.17, 15) is 4.79 Å². The molecular weight excluding hydrogens is 214 g/mol. The fraction of sp³-hybridized carbons (Fsp3) is 0.357. The van der Waals surface area contributed by atoms with Crippen LogP contribution in [-0.4, -0.2) is 17.6 Å². The zero-order valence-electron chi connectivity index (χ0n) is 10.0. The minimum absolute atomic E-state index is 0.230. The van der Waals surface area contributed by atoms with Gasteiger partial charge in [0.05, 0.1) is 12.2 Å². The molecule has 0 atom stereocenters. The molecule has 3 nitrogen and oxygen atoms in total. The maximum atomic E-state index is 11.9. The summed E-state index contributed by atoms with van der Waals surface area (Å²) in [4.78, 5) is 15.0. The van der Waals surface area contributed by atoms with Crippen LogP contribution in [0.25, 0.3) is 10.9 Å². The van der Waals surface area contributed by atoms with Crippen LogP contribution in [0.2, 0.25) is 0 Å². The summed E-state index contributed by atoms with van der Waals surface area (Å²) in [5, 5.41) is 0.924. The van der Waals surface area contributed by atoms with Crippen LogP contribution in [0.1, 0.15) is 36.5 Å². The lowest BCUT2D eigenvalue weighted by atomic mass is 10.1. The van der Waals surface area contributed by atoms with E-state index in [2.05, 4.69) is 11.9 Å². The van der Waals surface area contributed by atoms with E-state index >= 15 is 0 Å². The highest BCUT2D eigenvalue weighted by Gasteiger charge is 2.11. The van der Waals surface area contributed by atoms with Gasteiger partial charge in [0.25, 0.3) is 0 Å². The van der Waals surface area contributed by atoms with Crippen molar-refractivity contribution >= 4 is 16.9 Å². The van der Waals surface area contributed by atoms with Crippen molar-refractivity contribution in [2.75, 3.05) is 6.61 Å². The van der Waals surface area contributed by atoms with Gasteiger partial charge in [-0.05, 0) is 24.6 Å². The number of aromatic nitrogens is 1. The minimum Gasteiger partial charge on any atom is -0.462 e. The lowest BCUT2D eigenvalue weighted by molar-refractivity contribution is 0.0500. The van der Waals surface area contributed by atoms with E-state index in [1.54, 1.807) is 6.07 Å². The van der Waals surface area contributed by atoms with Gasteiger partial charge < -0.3 is 9.72 Å². The summed E-state index contributed by atoms with van der Waals surface area (Å²) in [6.07, 6.45) is 5.00. The van der Waals surface area contributed by atoms with Crippen molar-refractivity contribution in [3.05, 3.63) is 36.0 Å². The molecule has 1 heterocycles. The number of hydrogen-bond donors (Lipinski definition) is 1. The molecule has 1 aromatic carbocycles. The highest BCUT2D eigenvalue weighted by Crippen LogP contribution is 2.18. The molecule has 0 unspecified atom stereocenters. The molecule has 2 rings (SSSR count).